The molecule has 0 heterocycles. The van der Waals surface area contributed by atoms with Gasteiger partial charge in [0.1, 0.15) is 0 Å². The summed E-state index contributed by atoms with van der Waals surface area (Å²) in [5.74, 6) is -0.315. The van der Waals surface area contributed by atoms with Crippen LogP contribution in [0.25, 0.3) is 0 Å². The highest BCUT2D eigenvalue weighted by atomic mass is 35.5. The molecule has 3 N–H and O–H groups in total. The van der Waals surface area contributed by atoms with Crippen LogP contribution in [0.15, 0.2) is 0 Å². The molecule has 3 rings (SSSR count). The lowest BCUT2D eigenvalue weighted by molar-refractivity contribution is -0.138. The van der Waals surface area contributed by atoms with Crippen LogP contribution in [0, 0.1) is 10.8 Å². The molecule has 2 bridgehead atoms. The lowest BCUT2D eigenvalue weighted by Gasteiger charge is -2.51. The maximum absolute atomic E-state index is 12.1. The molecule has 5 nitrogen and oxygen atoms in total. The zero-order chi connectivity index (χ0) is 12.7. The minimum Gasteiger partial charge on any atom is -0.330 e. The fraction of sp³-hybridized carbons (Fsp3) is 0.909. The standard InChI is InChI=1S/C11H20N2O3S.ClH/c1-17(15,16)13-9(14)11-5-2-10(8-12,3-6-11)4-7-11;/h2-8,12H2,1H3,(H,13,14);1H. The highest BCUT2D eigenvalue weighted by molar-refractivity contribution is 7.89. The lowest BCUT2D eigenvalue weighted by atomic mass is 9.53. The molecule has 3 aliphatic rings. The number of amides is 1. The lowest BCUT2D eigenvalue weighted by Crippen LogP contribution is -2.52. The summed E-state index contributed by atoms with van der Waals surface area (Å²) < 4.78 is 24.4. The van der Waals surface area contributed by atoms with Crippen LogP contribution in [0.5, 0.6) is 0 Å². The third-order valence-electron chi connectivity index (χ3n) is 4.59. The fourth-order valence-electron chi connectivity index (χ4n) is 3.19. The molecule has 3 fully saturated rings. The molecule has 0 atom stereocenters. The zero-order valence-electron chi connectivity index (χ0n) is 10.6. The molecule has 3 aliphatic carbocycles. The first-order valence-electron chi connectivity index (χ1n) is 6.03. The summed E-state index contributed by atoms with van der Waals surface area (Å²) in [4.78, 5) is 12.1. The van der Waals surface area contributed by atoms with Gasteiger partial charge in [-0.1, -0.05) is 0 Å². The van der Waals surface area contributed by atoms with Crippen molar-refractivity contribution in [2.75, 3.05) is 12.8 Å². The van der Waals surface area contributed by atoms with Crippen LogP contribution in [0.3, 0.4) is 0 Å². The molecule has 0 radical (unpaired) electrons. The molecule has 0 aliphatic heterocycles. The number of sulfonamides is 1. The van der Waals surface area contributed by atoms with Gasteiger partial charge in [-0.15, -0.1) is 12.4 Å². The minimum atomic E-state index is -3.45. The van der Waals surface area contributed by atoms with Crippen LogP contribution >= 0.6 is 12.4 Å². The first-order valence-corrected chi connectivity index (χ1v) is 7.92. The summed E-state index contributed by atoms with van der Waals surface area (Å²) >= 11 is 0. The second kappa shape index (κ2) is 4.98. The summed E-state index contributed by atoms with van der Waals surface area (Å²) in [6, 6.07) is 0. The van der Waals surface area contributed by atoms with E-state index in [1.54, 1.807) is 0 Å². The number of hydrogen-bond donors (Lipinski definition) is 2. The Morgan fingerprint density at radius 3 is 1.94 bits per heavy atom. The molecule has 3 saturated carbocycles. The smallest absolute Gasteiger partial charge is 0.239 e. The SMILES string of the molecule is CS(=O)(=O)NC(=O)C12CCC(CN)(CC1)CC2.Cl. The Morgan fingerprint density at radius 1 is 1.17 bits per heavy atom. The van der Waals surface area contributed by atoms with E-state index in [-0.39, 0.29) is 23.7 Å². The Balaban J connectivity index is 0.00000162. The number of carbonyl (C=O) groups excluding carboxylic acids is 1. The number of rotatable bonds is 3. The van der Waals surface area contributed by atoms with Crippen molar-refractivity contribution in [1.29, 1.82) is 0 Å². The second-order valence-electron chi connectivity index (χ2n) is 5.69. The molecular weight excluding hydrogens is 276 g/mol. The molecule has 0 saturated heterocycles. The van der Waals surface area contributed by atoms with Crippen LogP contribution in [-0.2, 0) is 14.8 Å². The maximum Gasteiger partial charge on any atom is 0.239 e. The number of fused-ring (bicyclic) bond motifs is 3. The third-order valence-corrected chi connectivity index (χ3v) is 5.15. The van der Waals surface area contributed by atoms with Crippen LogP contribution in [0.1, 0.15) is 38.5 Å². The zero-order valence-corrected chi connectivity index (χ0v) is 12.2. The van der Waals surface area contributed by atoms with E-state index >= 15 is 0 Å². The van der Waals surface area contributed by atoms with Crippen molar-refractivity contribution in [3.63, 3.8) is 0 Å². The van der Waals surface area contributed by atoms with Gasteiger partial charge in [-0.2, -0.15) is 0 Å². The van der Waals surface area contributed by atoms with E-state index in [1.165, 1.54) is 0 Å². The highest BCUT2D eigenvalue weighted by Gasteiger charge is 2.52. The summed E-state index contributed by atoms with van der Waals surface area (Å²) in [5.41, 5.74) is 5.56. The van der Waals surface area contributed by atoms with E-state index in [0.29, 0.717) is 6.54 Å². The van der Waals surface area contributed by atoms with Gasteiger partial charge < -0.3 is 5.73 Å². The van der Waals surface area contributed by atoms with Gasteiger partial charge in [-0.05, 0) is 50.5 Å². The van der Waals surface area contributed by atoms with E-state index in [9.17, 15) is 13.2 Å². The van der Waals surface area contributed by atoms with E-state index < -0.39 is 15.4 Å². The topological polar surface area (TPSA) is 89.3 Å². The Hall–Kier alpha value is -0.330. The van der Waals surface area contributed by atoms with Crippen LogP contribution in [-0.4, -0.2) is 27.1 Å². The van der Waals surface area contributed by atoms with Crippen LogP contribution < -0.4 is 10.5 Å². The average molecular weight is 297 g/mol. The molecule has 18 heavy (non-hydrogen) atoms. The van der Waals surface area contributed by atoms with Crippen molar-refractivity contribution >= 4 is 28.3 Å². The highest BCUT2D eigenvalue weighted by Crippen LogP contribution is 2.56. The summed E-state index contributed by atoms with van der Waals surface area (Å²) in [6.45, 7) is 0.677. The predicted octanol–water partition coefficient (Wildman–Crippen LogP) is 0.783. The fourth-order valence-corrected chi connectivity index (χ4v) is 3.74. The van der Waals surface area contributed by atoms with Crippen molar-refractivity contribution in [1.82, 2.24) is 4.72 Å². The van der Waals surface area contributed by atoms with Gasteiger partial charge in [0, 0.05) is 0 Å². The summed E-state index contributed by atoms with van der Waals surface area (Å²) in [5, 5.41) is 0. The number of nitrogens with one attached hydrogen (secondary N) is 1. The van der Waals surface area contributed by atoms with Gasteiger partial charge in [-0.25, -0.2) is 8.42 Å². The number of hydrogen-bond acceptors (Lipinski definition) is 4. The molecule has 0 unspecified atom stereocenters. The Bertz CT molecular complexity index is 411. The Kier molecular flexibility index (Phi) is 4.35. The molecule has 0 aromatic carbocycles. The number of halogens is 1. The first-order chi connectivity index (χ1) is 7.81. The Labute approximate surface area is 114 Å². The minimum absolute atomic E-state index is 0. The predicted molar refractivity (Wildman–Crippen MR) is 71.9 cm³/mol. The van der Waals surface area contributed by atoms with Crippen molar-refractivity contribution in [2.45, 2.75) is 38.5 Å². The van der Waals surface area contributed by atoms with E-state index in [2.05, 4.69) is 4.72 Å². The normalized spacial score (nSPS) is 34.8. The maximum atomic E-state index is 12.1. The van der Waals surface area contributed by atoms with E-state index in [0.717, 1.165) is 44.8 Å². The van der Waals surface area contributed by atoms with Gasteiger partial charge in [0.25, 0.3) is 0 Å². The van der Waals surface area contributed by atoms with Crippen molar-refractivity contribution in [3.05, 3.63) is 0 Å². The molecular formula is C11H21ClN2O3S. The summed E-state index contributed by atoms with van der Waals surface area (Å²) in [6.07, 6.45) is 6.17. The van der Waals surface area contributed by atoms with Crippen molar-refractivity contribution < 1.29 is 13.2 Å². The molecule has 1 amide bonds. The van der Waals surface area contributed by atoms with Gasteiger partial charge in [0.2, 0.25) is 15.9 Å². The molecule has 7 heteroatoms. The average Bonchev–Trinajstić information content (AvgIpc) is 2.29. The molecule has 0 aromatic rings. The van der Waals surface area contributed by atoms with Crippen molar-refractivity contribution in [2.24, 2.45) is 16.6 Å². The van der Waals surface area contributed by atoms with Gasteiger partial charge >= 0.3 is 0 Å². The summed E-state index contributed by atoms with van der Waals surface area (Å²) in [7, 11) is -3.45. The first kappa shape index (κ1) is 15.7. The van der Waals surface area contributed by atoms with E-state index in [4.69, 9.17) is 5.73 Å². The van der Waals surface area contributed by atoms with Gasteiger partial charge in [0.15, 0.2) is 0 Å². The number of nitrogens with two attached hydrogens (primary N) is 1. The third kappa shape index (κ3) is 2.81. The molecule has 0 spiro atoms. The quantitative estimate of drug-likeness (QED) is 0.805. The number of carbonyl (C=O) groups is 1. The second-order valence-corrected chi connectivity index (χ2v) is 7.44. The molecule has 106 valence electrons. The Morgan fingerprint density at radius 2 is 1.61 bits per heavy atom. The largest absolute Gasteiger partial charge is 0.330 e. The van der Waals surface area contributed by atoms with Crippen LogP contribution in [0.2, 0.25) is 0 Å². The van der Waals surface area contributed by atoms with Gasteiger partial charge in [0.05, 0.1) is 11.7 Å². The van der Waals surface area contributed by atoms with Crippen LogP contribution in [0.4, 0.5) is 0 Å². The monoisotopic (exact) mass is 296 g/mol. The van der Waals surface area contributed by atoms with Crippen molar-refractivity contribution in [3.8, 4) is 0 Å². The van der Waals surface area contributed by atoms with Gasteiger partial charge in [-0.3, -0.25) is 9.52 Å². The molecule has 0 aromatic heterocycles. The van der Waals surface area contributed by atoms with E-state index in [1.807, 2.05) is 0 Å².